The van der Waals surface area contributed by atoms with Crippen LogP contribution in [-0.2, 0) is 0 Å². The van der Waals surface area contributed by atoms with Crippen LogP contribution in [0.3, 0.4) is 0 Å². The number of rotatable bonds is 1. The van der Waals surface area contributed by atoms with Crippen molar-refractivity contribution in [1.82, 2.24) is 0 Å². The van der Waals surface area contributed by atoms with E-state index in [1.807, 2.05) is 0 Å². The van der Waals surface area contributed by atoms with Crippen LogP contribution >= 0.6 is 0 Å². The van der Waals surface area contributed by atoms with E-state index in [4.69, 9.17) is 11.5 Å². The van der Waals surface area contributed by atoms with Gasteiger partial charge >= 0.3 is 0 Å². The van der Waals surface area contributed by atoms with Crippen LogP contribution < -0.4 is 16.4 Å². The predicted molar refractivity (Wildman–Crippen MR) is 77.9 cm³/mol. The Kier molecular flexibility index (Phi) is 3.27. The second kappa shape index (κ2) is 4.98. The van der Waals surface area contributed by atoms with E-state index in [0.29, 0.717) is 12.8 Å². The van der Waals surface area contributed by atoms with Crippen LogP contribution in [0.4, 0.5) is 14.5 Å². The highest BCUT2D eigenvalue weighted by atomic mass is 19.1. The minimum Gasteiger partial charge on any atom is -0.369 e. The SMILES string of the molecule is NC1=NC2(CCCCC2)N(c2c(F)cccc2F)C(N)=N1. The molecule has 0 atom stereocenters. The Morgan fingerprint density at radius 1 is 1.05 bits per heavy atom. The van der Waals surface area contributed by atoms with Crippen molar-refractivity contribution in [3.63, 3.8) is 0 Å². The lowest BCUT2D eigenvalue weighted by atomic mass is 9.87. The van der Waals surface area contributed by atoms with Crippen LogP contribution in [0.5, 0.6) is 0 Å². The molecule has 1 heterocycles. The first-order chi connectivity index (χ1) is 10.0. The minimum absolute atomic E-state index is 0.0200. The van der Waals surface area contributed by atoms with Crippen LogP contribution in [0, 0.1) is 11.6 Å². The van der Waals surface area contributed by atoms with Crippen molar-refractivity contribution < 1.29 is 8.78 Å². The third kappa shape index (κ3) is 2.22. The van der Waals surface area contributed by atoms with Gasteiger partial charge in [-0.25, -0.2) is 13.8 Å². The van der Waals surface area contributed by atoms with Gasteiger partial charge in [0.15, 0.2) is 0 Å². The standard InChI is InChI=1S/C14H17F2N5/c15-9-5-4-6-10(16)11(9)21-13(18)19-12(17)20-14(21)7-2-1-3-8-14/h4-6H,1-3,7-8H2,(H4,17,18,19,20). The van der Waals surface area contributed by atoms with Gasteiger partial charge in [0, 0.05) is 0 Å². The summed E-state index contributed by atoms with van der Waals surface area (Å²) in [7, 11) is 0. The Bertz CT molecular complexity index is 600. The molecule has 1 aliphatic carbocycles. The van der Waals surface area contributed by atoms with E-state index in [0.717, 1.165) is 19.3 Å². The highest BCUT2D eigenvalue weighted by Crippen LogP contribution is 2.41. The molecule has 7 heteroatoms. The molecular formula is C14H17F2N5. The molecule has 112 valence electrons. The zero-order valence-electron chi connectivity index (χ0n) is 11.5. The monoisotopic (exact) mass is 293 g/mol. The van der Waals surface area contributed by atoms with Crippen molar-refractivity contribution in [2.45, 2.75) is 37.8 Å². The molecule has 3 rings (SSSR count). The average Bonchev–Trinajstić information content (AvgIpc) is 2.42. The topological polar surface area (TPSA) is 80.0 Å². The van der Waals surface area contributed by atoms with E-state index >= 15 is 0 Å². The summed E-state index contributed by atoms with van der Waals surface area (Å²) in [5, 5.41) is 0. The number of nitrogens with zero attached hydrogens (tertiary/aromatic N) is 3. The molecule has 0 saturated heterocycles. The molecule has 21 heavy (non-hydrogen) atoms. The van der Waals surface area contributed by atoms with Crippen molar-refractivity contribution in [2.24, 2.45) is 21.5 Å². The van der Waals surface area contributed by atoms with Crippen molar-refractivity contribution in [3.8, 4) is 0 Å². The predicted octanol–water partition coefficient (Wildman–Crippen LogP) is 2.07. The van der Waals surface area contributed by atoms with Gasteiger partial charge in [-0.2, -0.15) is 4.99 Å². The van der Waals surface area contributed by atoms with E-state index in [1.165, 1.54) is 23.1 Å². The average molecular weight is 293 g/mol. The minimum atomic E-state index is -0.836. The number of anilines is 1. The molecule has 1 spiro atoms. The Labute approximate surface area is 121 Å². The third-order valence-electron chi connectivity index (χ3n) is 4.01. The maximum Gasteiger partial charge on any atom is 0.220 e. The summed E-state index contributed by atoms with van der Waals surface area (Å²) in [5.74, 6) is -1.33. The van der Waals surface area contributed by atoms with Gasteiger partial charge in [-0.3, -0.25) is 4.90 Å². The maximum atomic E-state index is 14.2. The Balaban J connectivity index is 2.16. The molecule has 1 aromatic carbocycles. The van der Waals surface area contributed by atoms with Gasteiger partial charge in [0.2, 0.25) is 11.9 Å². The van der Waals surface area contributed by atoms with Gasteiger partial charge in [0.05, 0.1) is 0 Å². The number of benzene rings is 1. The second-order valence-corrected chi connectivity index (χ2v) is 5.39. The second-order valence-electron chi connectivity index (χ2n) is 5.39. The maximum absolute atomic E-state index is 14.2. The van der Waals surface area contributed by atoms with E-state index < -0.39 is 17.3 Å². The normalized spacial score (nSPS) is 21.1. The fourth-order valence-corrected chi connectivity index (χ4v) is 3.15. The van der Waals surface area contributed by atoms with E-state index in [-0.39, 0.29) is 17.6 Å². The van der Waals surface area contributed by atoms with E-state index in [1.54, 1.807) is 0 Å². The van der Waals surface area contributed by atoms with Crippen molar-refractivity contribution in [2.75, 3.05) is 4.90 Å². The van der Waals surface area contributed by atoms with Crippen LogP contribution in [0.2, 0.25) is 0 Å². The number of halogens is 2. The van der Waals surface area contributed by atoms with Crippen molar-refractivity contribution in [3.05, 3.63) is 29.8 Å². The lowest BCUT2D eigenvalue weighted by Gasteiger charge is -2.45. The molecule has 5 nitrogen and oxygen atoms in total. The first-order valence-electron chi connectivity index (χ1n) is 6.97. The molecule has 1 saturated carbocycles. The van der Waals surface area contributed by atoms with Crippen LogP contribution in [0.1, 0.15) is 32.1 Å². The summed E-state index contributed by atoms with van der Waals surface area (Å²) < 4.78 is 28.3. The van der Waals surface area contributed by atoms with E-state index in [2.05, 4.69) is 9.98 Å². The summed E-state index contributed by atoms with van der Waals surface area (Å²) in [6.07, 6.45) is 4.13. The van der Waals surface area contributed by atoms with Crippen LogP contribution in [0.25, 0.3) is 0 Å². The molecule has 0 aromatic heterocycles. The summed E-state index contributed by atoms with van der Waals surface area (Å²) >= 11 is 0. The first-order valence-corrected chi connectivity index (χ1v) is 6.97. The fraction of sp³-hybridized carbons (Fsp3) is 0.429. The lowest BCUT2D eigenvalue weighted by molar-refractivity contribution is 0.302. The molecule has 1 aromatic rings. The Hall–Kier alpha value is -2.18. The lowest BCUT2D eigenvalue weighted by Crippen LogP contribution is -2.58. The molecule has 4 N–H and O–H groups in total. The van der Waals surface area contributed by atoms with Crippen molar-refractivity contribution in [1.29, 1.82) is 0 Å². The molecule has 0 radical (unpaired) electrons. The highest BCUT2D eigenvalue weighted by molar-refractivity contribution is 6.05. The fourth-order valence-electron chi connectivity index (χ4n) is 3.15. The number of hydrogen-bond acceptors (Lipinski definition) is 5. The number of hydrogen-bond donors (Lipinski definition) is 2. The quantitative estimate of drug-likeness (QED) is 0.832. The zero-order valence-corrected chi connectivity index (χ0v) is 11.5. The summed E-state index contributed by atoms with van der Waals surface area (Å²) in [6.45, 7) is 0. The molecule has 0 unspecified atom stereocenters. The van der Waals surface area contributed by atoms with Gasteiger partial charge in [0.1, 0.15) is 23.0 Å². The smallest absolute Gasteiger partial charge is 0.220 e. The van der Waals surface area contributed by atoms with Gasteiger partial charge in [0.25, 0.3) is 0 Å². The Morgan fingerprint density at radius 3 is 2.29 bits per heavy atom. The molecule has 0 amide bonds. The van der Waals surface area contributed by atoms with Crippen LogP contribution in [-0.4, -0.2) is 17.6 Å². The molecule has 1 aliphatic heterocycles. The number of nitrogens with two attached hydrogens (primary N) is 2. The third-order valence-corrected chi connectivity index (χ3v) is 4.01. The number of guanidine groups is 2. The largest absolute Gasteiger partial charge is 0.369 e. The van der Waals surface area contributed by atoms with Gasteiger partial charge in [-0.1, -0.05) is 12.5 Å². The van der Waals surface area contributed by atoms with Gasteiger partial charge in [-0.05, 0) is 37.8 Å². The molecule has 1 fully saturated rings. The van der Waals surface area contributed by atoms with Gasteiger partial charge < -0.3 is 11.5 Å². The van der Waals surface area contributed by atoms with Crippen molar-refractivity contribution >= 4 is 17.6 Å². The number of para-hydroxylation sites is 1. The van der Waals surface area contributed by atoms with Crippen LogP contribution in [0.15, 0.2) is 28.2 Å². The number of aliphatic imine (C=N–C) groups is 2. The molecule has 0 bridgehead atoms. The zero-order chi connectivity index (χ0) is 15.0. The Morgan fingerprint density at radius 2 is 1.67 bits per heavy atom. The first kappa shape index (κ1) is 13.8. The van der Waals surface area contributed by atoms with E-state index in [9.17, 15) is 8.78 Å². The summed E-state index contributed by atoms with van der Waals surface area (Å²) in [4.78, 5) is 9.64. The molecule has 2 aliphatic rings. The molecular weight excluding hydrogens is 276 g/mol. The highest BCUT2D eigenvalue weighted by Gasteiger charge is 2.44. The summed E-state index contributed by atoms with van der Waals surface area (Å²) in [5.41, 5.74) is 10.6. The van der Waals surface area contributed by atoms with Gasteiger partial charge in [-0.15, -0.1) is 0 Å². The summed E-state index contributed by atoms with van der Waals surface area (Å²) in [6, 6.07) is 3.71.